The van der Waals surface area contributed by atoms with Crippen molar-refractivity contribution in [1.29, 1.82) is 0 Å². The topological polar surface area (TPSA) is 132 Å². The van der Waals surface area contributed by atoms with E-state index in [-0.39, 0.29) is 5.82 Å². The van der Waals surface area contributed by atoms with E-state index in [0.29, 0.717) is 5.82 Å². The van der Waals surface area contributed by atoms with E-state index in [0.717, 1.165) is 0 Å². The highest BCUT2D eigenvalue weighted by molar-refractivity contribution is 4.98. The Bertz CT molecular complexity index is 350. The lowest BCUT2D eigenvalue weighted by molar-refractivity contribution is -0.118. The molecule has 0 aliphatic heterocycles. The third-order valence-corrected chi connectivity index (χ3v) is 2.52. The number of nitrogens with zero attached hydrogens (tertiary/aromatic N) is 3. The molecule has 1 unspecified atom stereocenters. The molecule has 5 N–H and O–H groups in total. The second-order valence-electron chi connectivity index (χ2n) is 3.82. The van der Waals surface area contributed by atoms with Crippen LogP contribution in [-0.2, 0) is 7.05 Å². The fraction of sp³-hybridized carbons (Fsp3) is 0.778. The molecule has 0 aliphatic rings. The average Bonchev–Trinajstić information content (AvgIpc) is 2.65. The maximum Gasteiger partial charge on any atom is 0.182 e. The number of rotatable bonds is 5. The molecule has 1 aromatic rings. The Balaban J connectivity index is 2.78. The van der Waals surface area contributed by atoms with E-state index in [4.69, 9.17) is 10.2 Å². The van der Waals surface area contributed by atoms with Crippen LogP contribution in [-0.4, -0.2) is 65.2 Å². The Morgan fingerprint density at radius 2 is 1.76 bits per heavy atom. The summed E-state index contributed by atoms with van der Waals surface area (Å²) in [6, 6.07) is 0. The normalized spacial score (nSPS) is 18.8. The molecule has 0 saturated heterocycles. The van der Waals surface area contributed by atoms with Crippen molar-refractivity contribution >= 4 is 0 Å². The summed E-state index contributed by atoms with van der Waals surface area (Å²) in [5, 5.41) is 50.3. The molecule has 1 heterocycles. The summed E-state index contributed by atoms with van der Waals surface area (Å²) < 4.78 is 1.40. The molecule has 0 aliphatic carbocycles. The van der Waals surface area contributed by atoms with Crippen molar-refractivity contribution < 1.29 is 25.5 Å². The van der Waals surface area contributed by atoms with Crippen LogP contribution in [0.15, 0.2) is 0 Å². The van der Waals surface area contributed by atoms with Crippen LogP contribution in [0.4, 0.5) is 0 Å². The molecule has 0 amide bonds. The molecular formula is C9H17N3O5. The molecule has 1 aromatic heterocycles. The number of hydrogen-bond acceptors (Lipinski definition) is 7. The van der Waals surface area contributed by atoms with Gasteiger partial charge in [0, 0.05) is 7.05 Å². The Morgan fingerprint density at radius 1 is 1.18 bits per heavy atom. The second kappa shape index (κ2) is 5.52. The molecule has 98 valence electrons. The van der Waals surface area contributed by atoms with Crippen LogP contribution >= 0.6 is 0 Å². The van der Waals surface area contributed by atoms with Crippen molar-refractivity contribution in [2.24, 2.45) is 7.05 Å². The lowest BCUT2D eigenvalue weighted by Gasteiger charge is -2.23. The SMILES string of the molecule is Cc1nc(C(O)[C@@H](O)[C@H](O)[C@H](O)CO)nn1C. The number of hydrogen-bond donors (Lipinski definition) is 5. The standard InChI is InChI=1S/C9H17N3O5/c1-4-10-9(11-12(4)2)8(17)7(16)6(15)5(14)3-13/h5-8,13-17H,3H2,1-2H3/t5-,6-,7+,8?/m1/s1. The van der Waals surface area contributed by atoms with Gasteiger partial charge in [-0.2, -0.15) is 5.10 Å². The van der Waals surface area contributed by atoms with E-state index < -0.39 is 31.0 Å². The first kappa shape index (κ1) is 14.0. The zero-order chi connectivity index (χ0) is 13.2. The van der Waals surface area contributed by atoms with Crippen LogP contribution in [0.25, 0.3) is 0 Å². The highest BCUT2D eigenvalue weighted by Gasteiger charge is 2.33. The Kier molecular flexibility index (Phi) is 4.54. The third kappa shape index (κ3) is 2.99. The third-order valence-electron chi connectivity index (χ3n) is 2.52. The van der Waals surface area contributed by atoms with E-state index in [1.807, 2.05) is 0 Å². The van der Waals surface area contributed by atoms with Crippen molar-refractivity contribution in [2.45, 2.75) is 31.3 Å². The summed E-state index contributed by atoms with van der Waals surface area (Å²) in [5.74, 6) is 0.477. The van der Waals surface area contributed by atoms with Gasteiger partial charge in [-0.25, -0.2) is 4.98 Å². The zero-order valence-electron chi connectivity index (χ0n) is 9.59. The van der Waals surface area contributed by atoms with E-state index >= 15 is 0 Å². The highest BCUT2D eigenvalue weighted by atomic mass is 16.4. The lowest BCUT2D eigenvalue weighted by atomic mass is 10.0. The van der Waals surface area contributed by atoms with Gasteiger partial charge in [0.15, 0.2) is 5.82 Å². The largest absolute Gasteiger partial charge is 0.394 e. The van der Waals surface area contributed by atoms with Gasteiger partial charge in [0.1, 0.15) is 30.2 Å². The predicted octanol–water partition coefficient (Wildman–Crippen LogP) is -2.77. The van der Waals surface area contributed by atoms with Crippen LogP contribution in [0, 0.1) is 6.92 Å². The van der Waals surface area contributed by atoms with E-state index in [2.05, 4.69) is 10.1 Å². The Labute approximate surface area is 97.8 Å². The molecule has 0 radical (unpaired) electrons. The van der Waals surface area contributed by atoms with Crippen LogP contribution in [0.2, 0.25) is 0 Å². The molecule has 8 heteroatoms. The number of aliphatic hydroxyl groups is 5. The molecule has 0 fully saturated rings. The minimum Gasteiger partial charge on any atom is -0.394 e. The molecule has 0 bridgehead atoms. The van der Waals surface area contributed by atoms with Crippen LogP contribution < -0.4 is 0 Å². The molecule has 1 rings (SSSR count). The molecule has 8 nitrogen and oxygen atoms in total. The maximum absolute atomic E-state index is 9.70. The molecule has 17 heavy (non-hydrogen) atoms. The van der Waals surface area contributed by atoms with E-state index in [1.165, 1.54) is 4.68 Å². The first-order valence-electron chi connectivity index (χ1n) is 5.09. The average molecular weight is 247 g/mol. The van der Waals surface area contributed by atoms with Gasteiger partial charge in [-0.05, 0) is 6.92 Å². The summed E-state index contributed by atoms with van der Waals surface area (Å²) in [7, 11) is 1.62. The minimum atomic E-state index is -1.68. The van der Waals surface area contributed by atoms with Gasteiger partial charge in [0.25, 0.3) is 0 Å². The van der Waals surface area contributed by atoms with Gasteiger partial charge in [0.05, 0.1) is 6.61 Å². The fourth-order valence-electron chi connectivity index (χ4n) is 1.29. The first-order chi connectivity index (χ1) is 7.88. The van der Waals surface area contributed by atoms with Gasteiger partial charge < -0.3 is 25.5 Å². The van der Waals surface area contributed by atoms with Crippen LogP contribution in [0.5, 0.6) is 0 Å². The van der Waals surface area contributed by atoms with Crippen LogP contribution in [0.1, 0.15) is 17.8 Å². The van der Waals surface area contributed by atoms with Crippen molar-refractivity contribution in [3.8, 4) is 0 Å². The van der Waals surface area contributed by atoms with Crippen molar-refractivity contribution in [3.05, 3.63) is 11.6 Å². The quantitative estimate of drug-likeness (QED) is 0.380. The lowest BCUT2D eigenvalue weighted by Crippen LogP contribution is -2.42. The summed E-state index contributed by atoms with van der Waals surface area (Å²) in [4.78, 5) is 3.89. The van der Waals surface area contributed by atoms with Gasteiger partial charge in [0.2, 0.25) is 0 Å². The first-order valence-corrected chi connectivity index (χ1v) is 5.09. The van der Waals surface area contributed by atoms with E-state index in [1.54, 1.807) is 14.0 Å². The molecule has 4 atom stereocenters. The van der Waals surface area contributed by atoms with Gasteiger partial charge in [-0.15, -0.1) is 0 Å². The van der Waals surface area contributed by atoms with E-state index in [9.17, 15) is 15.3 Å². The van der Waals surface area contributed by atoms with Crippen molar-refractivity contribution in [1.82, 2.24) is 14.8 Å². The highest BCUT2D eigenvalue weighted by Crippen LogP contribution is 2.17. The molecule has 0 saturated carbocycles. The number of aliphatic hydroxyl groups excluding tert-OH is 5. The second-order valence-corrected chi connectivity index (χ2v) is 3.82. The molecular weight excluding hydrogens is 230 g/mol. The Hall–Kier alpha value is -1.06. The summed E-state index contributed by atoms with van der Waals surface area (Å²) >= 11 is 0. The maximum atomic E-state index is 9.70. The van der Waals surface area contributed by atoms with Gasteiger partial charge in [-0.3, -0.25) is 4.68 Å². The monoisotopic (exact) mass is 247 g/mol. The van der Waals surface area contributed by atoms with Gasteiger partial charge in [-0.1, -0.05) is 0 Å². The zero-order valence-corrected chi connectivity index (χ0v) is 9.59. The molecule has 0 aromatic carbocycles. The Morgan fingerprint density at radius 3 is 2.18 bits per heavy atom. The number of aromatic nitrogens is 3. The fourth-order valence-corrected chi connectivity index (χ4v) is 1.29. The predicted molar refractivity (Wildman–Crippen MR) is 55.8 cm³/mol. The number of aryl methyl sites for hydroxylation is 2. The van der Waals surface area contributed by atoms with Gasteiger partial charge >= 0.3 is 0 Å². The smallest absolute Gasteiger partial charge is 0.182 e. The van der Waals surface area contributed by atoms with Crippen molar-refractivity contribution in [2.75, 3.05) is 6.61 Å². The summed E-state index contributed by atoms with van der Waals surface area (Å²) in [6.45, 7) is 0.939. The summed E-state index contributed by atoms with van der Waals surface area (Å²) in [6.07, 6.45) is -6.44. The minimum absolute atomic E-state index is 0.0540. The van der Waals surface area contributed by atoms with Crippen LogP contribution in [0.3, 0.4) is 0 Å². The summed E-state index contributed by atoms with van der Waals surface area (Å²) in [5.41, 5.74) is 0. The van der Waals surface area contributed by atoms with Crippen molar-refractivity contribution in [3.63, 3.8) is 0 Å². The molecule has 0 spiro atoms.